The number of hydrogen-bond donors (Lipinski definition) is 1. The monoisotopic (exact) mass is 388 g/mol. The van der Waals surface area contributed by atoms with Crippen molar-refractivity contribution in [3.8, 4) is 5.69 Å². The van der Waals surface area contributed by atoms with Crippen LogP contribution >= 0.6 is 0 Å². The molecule has 0 fully saturated rings. The molecule has 140 valence electrons. The second kappa shape index (κ2) is 7.25. The molecule has 0 saturated heterocycles. The van der Waals surface area contributed by atoms with E-state index in [4.69, 9.17) is 0 Å². The third-order valence-electron chi connectivity index (χ3n) is 4.13. The van der Waals surface area contributed by atoms with E-state index in [1.165, 1.54) is 28.9 Å². The average molecular weight is 388 g/mol. The van der Waals surface area contributed by atoms with E-state index >= 15 is 0 Å². The van der Waals surface area contributed by atoms with Crippen LogP contribution in [0.4, 0.5) is 5.69 Å². The van der Waals surface area contributed by atoms with Crippen LogP contribution in [0.25, 0.3) is 5.69 Å². The molecule has 0 radical (unpaired) electrons. The van der Waals surface area contributed by atoms with E-state index in [9.17, 15) is 23.1 Å². The lowest BCUT2D eigenvalue weighted by molar-refractivity contribution is -0.384. The molecule has 1 heterocycles. The number of nitro groups is 1. The highest BCUT2D eigenvalue weighted by Crippen LogP contribution is 2.18. The fourth-order valence-electron chi connectivity index (χ4n) is 2.61. The number of aryl methyl sites for hydroxylation is 3. The molecule has 2 aromatic carbocycles. The SMILES string of the molecule is Cc1ccc(S(=O)(=O)O)cc1CCc1cn(-c2ccc([N+](=O)[O-])cc2)nn1. The quantitative estimate of drug-likeness (QED) is 0.390. The van der Waals surface area contributed by atoms with Crippen molar-refractivity contribution in [3.05, 3.63) is 75.6 Å². The van der Waals surface area contributed by atoms with Gasteiger partial charge in [0.1, 0.15) is 0 Å². The van der Waals surface area contributed by atoms with Gasteiger partial charge in [-0.1, -0.05) is 11.3 Å². The molecule has 0 bridgehead atoms. The maximum Gasteiger partial charge on any atom is 0.294 e. The van der Waals surface area contributed by atoms with Crippen LogP contribution in [0.15, 0.2) is 53.6 Å². The Labute approximate surface area is 155 Å². The predicted octanol–water partition coefficient (Wildman–Crippen LogP) is 2.52. The minimum Gasteiger partial charge on any atom is -0.282 e. The van der Waals surface area contributed by atoms with Crippen molar-refractivity contribution in [2.24, 2.45) is 0 Å². The molecule has 0 unspecified atom stereocenters. The van der Waals surface area contributed by atoms with Crippen LogP contribution in [0, 0.1) is 17.0 Å². The van der Waals surface area contributed by atoms with Crippen LogP contribution in [0.5, 0.6) is 0 Å². The Kier molecular flexibility index (Phi) is 5.02. The van der Waals surface area contributed by atoms with Crippen molar-refractivity contribution in [3.63, 3.8) is 0 Å². The third-order valence-corrected chi connectivity index (χ3v) is 4.98. The summed E-state index contributed by atoms with van der Waals surface area (Å²) < 4.78 is 33.3. The zero-order valence-corrected chi connectivity index (χ0v) is 15.1. The van der Waals surface area contributed by atoms with Crippen LogP contribution in [0.3, 0.4) is 0 Å². The lowest BCUT2D eigenvalue weighted by Gasteiger charge is -2.06. The largest absolute Gasteiger partial charge is 0.294 e. The summed E-state index contributed by atoms with van der Waals surface area (Å²) in [7, 11) is -4.25. The molecule has 1 N–H and O–H groups in total. The molecule has 3 rings (SSSR count). The molecule has 27 heavy (non-hydrogen) atoms. The number of aromatic nitrogens is 3. The normalized spacial score (nSPS) is 11.5. The summed E-state index contributed by atoms with van der Waals surface area (Å²) in [4.78, 5) is 10.1. The van der Waals surface area contributed by atoms with Gasteiger partial charge in [-0.05, 0) is 55.2 Å². The lowest BCUT2D eigenvalue weighted by atomic mass is 10.0. The first kappa shape index (κ1) is 18.7. The number of benzene rings is 2. The van der Waals surface area contributed by atoms with Gasteiger partial charge in [-0.15, -0.1) is 5.10 Å². The first-order valence-corrected chi connectivity index (χ1v) is 9.41. The van der Waals surface area contributed by atoms with Gasteiger partial charge in [0.15, 0.2) is 0 Å². The summed E-state index contributed by atoms with van der Waals surface area (Å²) in [6.45, 7) is 1.86. The Morgan fingerprint density at radius 3 is 2.48 bits per heavy atom. The van der Waals surface area contributed by atoms with Crippen LogP contribution in [0.2, 0.25) is 0 Å². The fraction of sp³-hybridized carbons (Fsp3) is 0.176. The predicted molar refractivity (Wildman–Crippen MR) is 96.4 cm³/mol. The zero-order chi connectivity index (χ0) is 19.6. The fourth-order valence-corrected chi connectivity index (χ4v) is 3.14. The van der Waals surface area contributed by atoms with Crippen LogP contribution < -0.4 is 0 Å². The molecule has 3 aromatic rings. The maximum atomic E-state index is 11.3. The summed E-state index contributed by atoms with van der Waals surface area (Å²) in [6.07, 6.45) is 2.75. The summed E-state index contributed by atoms with van der Waals surface area (Å²) in [5.41, 5.74) is 3.02. The second-order valence-electron chi connectivity index (χ2n) is 5.99. The molecule has 0 aliphatic rings. The Balaban J connectivity index is 1.74. The molecule has 1 aromatic heterocycles. The van der Waals surface area contributed by atoms with Crippen molar-refractivity contribution in [1.29, 1.82) is 0 Å². The van der Waals surface area contributed by atoms with Crippen LogP contribution in [-0.4, -0.2) is 32.9 Å². The van der Waals surface area contributed by atoms with E-state index < -0.39 is 15.0 Å². The van der Waals surface area contributed by atoms with Gasteiger partial charge in [-0.2, -0.15) is 8.42 Å². The van der Waals surface area contributed by atoms with Gasteiger partial charge in [0.2, 0.25) is 0 Å². The Hall–Kier alpha value is -3.11. The molecule has 9 nitrogen and oxygen atoms in total. The number of nitro benzene ring substituents is 1. The number of non-ortho nitro benzene ring substituents is 1. The van der Waals surface area contributed by atoms with Crippen LogP contribution in [-0.2, 0) is 23.0 Å². The Bertz CT molecular complexity index is 1090. The van der Waals surface area contributed by atoms with Crippen molar-refractivity contribution in [2.75, 3.05) is 0 Å². The summed E-state index contributed by atoms with van der Waals surface area (Å²) in [5.74, 6) is 0. The second-order valence-corrected chi connectivity index (χ2v) is 7.41. The molecular weight excluding hydrogens is 372 g/mol. The van der Waals surface area contributed by atoms with E-state index in [2.05, 4.69) is 10.3 Å². The molecular formula is C17H16N4O5S. The average Bonchev–Trinajstić information content (AvgIpc) is 3.09. The van der Waals surface area contributed by atoms with Crippen molar-refractivity contribution in [1.82, 2.24) is 15.0 Å². The van der Waals surface area contributed by atoms with Gasteiger partial charge < -0.3 is 0 Å². The van der Waals surface area contributed by atoms with E-state index in [0.29, 0.717) is 24.2 Å². The molecule has 0 aliphatic heterocycles. The molecule has 0 spiro atoms. The zero-order valence-electron chi connectivity index (χ0n) is 14.3. The molecule has 10 heteroatoms. The standard InChI is InChI=1S/C17H16N4O5S/c1-12-2-9-17(27(24,25)26)10-13(12)3-4-14-11-20(19-18-14)15-5-7-16(8-6-15)21(22)23/h2,5-11H,3-4H2,1H3,(H,24,25,26). The van der Waals surface area contributed by atoms with E-state index in [-0.39, 0.29) is 10.6 Å². The van der Waals surface area contributed by atoms with Crippen molar-refractivity contribution >= 4 is 15.8 Å². The number of hydrogen-bond acceptors (Lipinski definition) is 6. The summed E-state index contributed by atoms with van der Waals surface area (Å²) >= 11 is 0. The minimum atomic E-state index is -4.25. The molecule has 0 saturated carbocycles. The highest BCUT2D eigenvalue weighted by atomic mass is 32.2. The number of rotatable bonds is 6. The third kappa shape index (κ3) is 4.36. The van der Waals surface area contributed by atoms with Gasteiger partial charge in [0.25, 0.3) is 15.8 Å². The van der Waals surface area contributed by atoms with Crippen molar-refractivity contribution < 1.29 is 17.9 Å². The van der Waals surface area contributed by atoms with Gasteiger partial charge in [-0.3, -0.25) is 14.7 Å². The smallest absolute Gasteiger partial charge is 0.282 e. The van der Waals surface area contributed by atoms with Gasteiger partial charge in [0.05, 0.1) is 27.4 Å². The van der Waals surface area contributed by atoms with Gasteiger partial charge >= 0.3 is 0 Å². The van der Waals surface area contributed by atoms with Crippen molar-refractivity contribution in [2.45, 2.75) is 24.7 Å². The minimum absolute atomic E-state index is 0.00622. The van der Waals surface area contributed by atoms with E-state index in [0.717, 1.165) is 11.1 Å². The lowest BCUT2D eigenvalue weighted by Crippen LogP contribution is -2.01. The maximum absolute atomic E-state index is 11.3. The number of nitrogens with zero attached hydrogens (tertiary/aromatic N) is 4. The van der Waals surface area contributed by atoms with Gasteiger partial charge in [0, 0.05) is 12.1 Å². The van der Waals surface area contributed by atoms with Gasteiger partial charge in [-0.25, -0.2) is 4.68 Å². The summed E-state index contributed by atoms with van der Waals surface area (Å²) in [5, 5.41) is 18.8. The summed E-state index contributed by atoms with van der Waals surface area (Å²) in [6, 6.07) is 10.4. The first-order chi connectivity index (χ1) is 12.7. The highest BCUT2D eigenvalue weighted by molar-refractivity contribution is 7.85. The first-order valence-electron chi connectivity index (χ1n) is 7.97. The molecule has 0 atom stereocenters. The highest BCUT2D eigenvalue weighted by Gasteiger charge is 2.12. The Morgan fingerprint density at radius 1 is 1.15 bits per heavy atom. The topological polar surface area (TPSA) is 128 Å². The van der Waals surface area contributed by atoms with Crippen LogP contribution in [0.1, 0.15) is 16.8 Å². The Morgan fingerprint density at radius 2 is 1.85 bits per heavy atom. The molecule has 0 amide bonds. The van der Waals surface area contributed by atoms with E-state index in [1.54, 1.807) is 24.4 Å². The van der Waals surface area contributed by atoms with E-state index in [1.807, 2.05) is 6.92 Å². The molecule has 0 aliphatic carbocycles.